The van der Waals surface area contributed by atoms with E-state index in [1.54, 1.807) is 6.20 Å². The second-order valence-electron chi connectivity index (χ2n) is 2.34. The Morgan fingerprint density at radius 3 is 2.54 bits per heavy atom. The topological polar surface area (TPSA) is 42.4 Å². The first kappa shape index (κ1) is 11.9. The highest BCUT2D eigenvalue weighted by Crippen LogP contribution is 2.14. The van der Waals surface area contributed by atoms with Crippen molar-refractivity contribution in [3.63, 3.8) is 0 Å². The fourth-order valence-electron chi connectivity index (χ4n) is 0.914. The van der Waals surface area contributed by atoms with Crippen molar-refractivity contribution in [2.75, 3.05) is 7.11 Å². The Kier molecular flexibility index (Phi) is 5.89. The highest BCUT2D eigenvalue weighted by atomic mass is 16.5. The van der Waals surface area contributed by atoms with Gasteiger partial charge < -0.3 is 9.84 Å². The van der Waals surface area contributed by atoms with Crippen LogP contribution in [0.5, 0.6) is 5.88 Å². The fourth-order valence-corrected chi connectivity index (χ4v) is 0.914. The molecule has 13 heavy (non-hydrogen) atoms. The number of aliphatic hydroxyl groups excluding tert-OH is 1. The third kappa shape index (κ3) is 3.42. The van der Waals surface area contributed by atoms with Gasteiger partial charge in [0, 0.05) is 11.8 Å². The Balaban J connectivity index is 0.000000671. The Morgan fingerprint density at radius 2 is 2.08 bits per heavy atom. The van der Waals surface area contributed by atoms with Crippen LogP contribution in [0.1, 0.15) is 25.0 Å². The summed E-state index contributed by atoms with van der Waals surface area (Å²) in [6, 6.07) is 1.85. The predicted molar refractivity (Wildman–Crippen MR) is 52.8 cm³/mol. The van der Waals surface area contributed by atoms with Crippen LogP contribution in [-0.4, -0.2) is 17.2 Å². The Bertz CT molecular complexity index is 249. The standard InChI is InChI=1S/C8H11NO2.C2H6/c1-6-3-7(5-10)8(11-2)9-4-6;1-2/h3-4,10H,5H2,1-2H3;1-2H3. The molecule has 0 amide bonds. The number of methoxy groups -OCH3 is 1. The van der Waals surface area contributed by atoms with Crippen LogP contribution in [0.15, 0.2) is 12.3 Å². The van der Waals surface area contributed by atoms with Gasteiger partial charge in [-0.2, -0.15) is 0 Å². The molecule has 74 valence electrons. The Labute approximate surface area is 79.4 Å². The fraction of sp³-hybridized carbons (Fsp3) is 0.500. The average molecular weight is 183 g/mol. The lowest BCUT2D eigenvalue weighted by Gasteiger charge is -2.04. The molecule has 1 aromatic heterocycles. The van der Waals surface area contributed by atoms with Crippen LogP contribution in [0.4, 0.5) is 0 Å². The number of hydrogen-bond acceptors (Lipinski definition) is 3. The van der Waals surface area contributed by atoms with Gasteiger partial charge >= 0.3 is 0 Å². The normalized spacial score (nSPS) is 8.69. The van der Waals surface area contributed by atoms with Crippen LogP contribution in [0.2, 0.25) is 0 Å². The first-order valence-electron chi connectivity index (χ1n) is 4.38. The molecule has 0 fully saturated rings. The van der Waals surface area contributed by atoms with Crippen molar-refractivity contribution in [2.24, 2.45) is 0 Å². The molecule has 0 unspecified atom stereocenters. The molecule has 1 aromatic rings. The van der Waals surface area contributed by atoms with Gasteiger partial charge in [-0.15, -0.1) is 0 Å². The molecule has 0 aliphatic carbocycles. The maximum atomic E-state index is 8.85. The third-order valence-corrected chi connectivity index (χ3v) is 1.43. The van der Waals surface area contributed by atoms with E-state index in [1.807, 2.05) is 26.8 Å². The zero-order chi connectivity index (χ0) is 10.3. The van der Waals surface area contributed by atoms with Gasteiger partial charge in [-0.3, -0.25) is 0 Å². The number of rotatable bonds is 2. The molecule has 0 aliphatic heterocycles. The van der Waals surface area contributed by atoms with Crippen LogP contribution in [-0.2, 0) is 6.61 Å². The number of aliphatic hydroxyl groups is 1. The van der Waals surface area contributed by atoms with Crippen molar-refractivity contribution in [1.29, 1.82) is 0 Å². The summed E-state index contributed by atoms with van der Waals surface area (Å²) < 4.78 is 4.92. The van der Waals surface area contributed by atoms with Crippen molar-refractivity contribution < 1.29 is 9.84 Å². The van der Waals surface area contributed by atoms with Crippen LogP contribution in [0, 0.1) is 6.92 Å². The van der Waals surface area contributed by atoms with E-state index in [0.29, 0.717) is 5.88 Å². The van der Waals surface area contributed by atoms with Gasteiger partial charge in [0.1, 0.15) is 0 Å². The number of aryl methyl sites for hydroxylation is 1. The van der Waals surface area contributed by atoms with Gasteiger partial charge in [-0.1, -0.05) is 13.8 Å². The van der Waals surface area contributed by atoms with Gasteiger partial charge in [-0.25, -0.2) is 4.98 Å². The summed E-state index contributed by atoms with van der Waals surface area (Å²) in [5, 5.41) is 8.85. The summed E-state index contributed by atoms with van der Waals surface area (Å²) >= 11 is 0. The smallest absolute Gasteiger partial charge is 0.218 e. The van der Waals surface area contributed by atoms with Crippen molar-refractivity contribution in [2.45, 2.75) is 27.4 Å². The van der Waals surface area contributed by atoms with Crippen molar-refractivity contribution in [1.82, 2.24) is 4.98 Å². The molecule has 0 aromatic carbocycles. The van der Waals surface area contributed by atoms with Gasteiger partial charge in [0.2, 0.25) is 5.88 Å². The highest BCUT2D eigenvalue weighted by Gasteiger charge is 2.01. The van der Waals surface area contributed by atoms with Crippen LogP contribution >= 0.6 is 0 Å². The van der Waals surface area contributed by atoms with Crippen molar-refractivity contribution >= 4 is 0 Å². The molecule has 1 N–H and O–H groups in total. The summed E-state index contributed by atoms with van der Waals surface area (Å²) in [6.45, 7) is 5.89. The molecule has 0 bridgehead atoms. The maximum Gasteiger partial charge on any atom is 0.218 e. The first-order chi connectivity index (χ1) is 6.27. The molecule has 3 nitrogen and oxygen atoms in total. The minimum atomic E-state index is -0.0299. The quantitative estimate of drug-likeness (QED) is 0.761. The lowest BCUT2D eigenvalue weighted by atomic mass is 10.2. The highest BCUT2D eigenvalue weighted by molar-refractivity contribution is 5.28. The zero-order valence-corrected chi connectivity index (χ0v) is 8.66. The maximum absolute atomic E-state index is 8.85. The van der Waals surface area contributed by atoms with E-state index in [1.165, 1.54) is 7.11 Å². The van der Waals surface area contributed by atoms with Gasteiger partial charge in [0.05, 0.1) is 13.7 Å². The van der Waals surface area contributed by atoms with Crippen molar-refractivity contribution in [3.05, 3.63) is 23.4 Å². The summed E-state index contributed by atoms with van der Waals surface area (Å²) in [6.07, 6.45) is 1.71. The molecule has 0 aliphatic rings. The largest absolute Gasteiger partial charge is 0.481 e. The first-order valence-corrected chi connectivity index (χ1v) is 4.38. The minimum absolute atomic E-state index is 0.0299. The van der Waals surface area contributed by atoms with E-state index in [2.05, 4.69) is 4.98 Å². The SMILES string of the molecule is CC.COc1ncc(C)cc1CO. The van der Waals surface area contributed by atoms with Gasteiger partial charge in [-0.05, 0) is 18.6 Å². The summed E-state index contributed by atoms with van der Waals surface area (Å²) in [4.78, 5) is 3.99. The second kappa shape index (κ2) is 6.43. The number of aromatic nitrogens is 1. The Morgan fingerprint density at radius 1 is 1.46 bits per heavy atom. The molecule has 0 atom stereocenters. The van der Waals surface area contributed by atoms with Gasteiger partial charge in [0.15, 0.2) is 0 Å². The van der Waals surface area contributed by atoms with E-state index in [9.17, 15) is 0 Å². The van der Waals surface area contributed by atoms with Crippen LogP contribution in [0.25, 0.3) is 0 Å². The molecule has 0 saturated heterocycles. The van der Waals surface area contributed by atoms with E-state index in [-0.39, 0.29) is 6.61 Å². The lowest BCUT2D eigenvalue weighted by Crippen LogP contribution is -1.95. The van der Waals surface area contributed by atoms with Gasteiger partial charge in [0.25, 0.3) is 0 Å². The molecule has 0 spiro atoms. The number of ether oxygens (including phenoxy) is 1. The van der Waals surface area contributed by atoms with Crippen LogP contribution in [0.3, 0.4) is 0 Å². The summed E-state index contributed by atoms with van der Waals surface area (Å²) in [7, 11) is 1.54. The minimum Gasteiger partial charge on any atom is -0.481 e. The third-order valence-electron chi connectivity index (χ3n) is 1.43. The predicted octanol–water partition coefficient (Wildman–Crippen LogP) is 1.92. The van der Waals surface area contributed by atoms with E-state index in [4.69, 9.17) is 9.84 Å². The van der Waals surface area contributed by atoms with E-state index >= 15 is 0 Å². The molecule has 0 saturated carbocycles. The molecule has 0 radical (unpaired) electrons. The zero-order valence-electron chi connectivity index (χ0n) is 8.66. The molecule has 1 rings (SSSR count). The lowest BCUT2D eigenvalue weighted by molar-refractivity contribution is 0.271. The van der Waals surface area contributed by atoms with Crippen LogP contribution < -0.4 is 4.74 Å². The number of hydrogen-bond donors (Lipinski definition) is 1. The molecule has 3 heteroatoms. The number of nitrogens with zero attached hydrogens (tertiary/aromatic N) is 1. The molecular weight excluding hydrogens is 166 g/mol. The average Bonchev–Trinajstić information content (AvgIpc) is 2.20. The summed E-state index contributed by atoms with van der Waals surface area (Å²) in [5.41, 5.74) is 1.75. The van der Waals surface area contributed by atoms with Crippen molar-refractivity contribution in [3.8, 4) is 5.88 Å². The second-order valence-corrected chi connectivity index (χ2v) is 2.34. The van der Waals surface area contributed by atoms with E-state index < -0.39 is 0 Å². The number of pyridine rings is 1. The monoisotopic (exact) mass is 183 g/mol. The van der Waals surface area contributed by atoms with E-state index in [0.717, 1.165) is 11.1 Å². The molecule has 1 heterocycles. The Hall–Kier alpha value is -1.09. The summed E-state index contributed by atoms with van der Waals surface area (Å²) in [5.74, 6) is 0.498. The molecular formula is C10H17NO2.